The molecule has 0 radical (unpaired) electrons. The maximum Gasteiger partial charge on any atom is 0.325 e. The fourth-order valence-corrected chi connectivity index (χ4v) is 2.51. The summed E-state index contributed by atoms with van der Waals surface area (Å²) in [5, 5.41) is 6.51. The summed E-state index contributed by atoms with van der Waals surface area (Å²) in [6, 6.07) is 2.80. The van der Waals surface area contributed by atoms with Gasteiger partial charge in [0.25, 0.3) is 5.91 Å². The van der Waals surface area contributed by atoms with Crippen molar-refractivity contribution in [1.29, 1.82) is 0 Å². The Morgan fingerprint density at radius 1 is 1.39 bits per heavy atom. The van der Waals surface area contributed by atoms with Crippen molar-refractivity contribution in [2.75, 3.05) is 0 Å². The molecule has 1 N–H and O–H groups in total. The number of aromatic nitrogens is 2. The summed E-state index contributed by atoms with van der Waals surface area (Å²) in [6.07, 6.45) is 2.13. The lowest BCUT2D eigenvalue weighted by molar-refractivity contribution is -0.132. The number of carbonyl (C=O) groups is 2. The Morgan fingerprint density at radius 2 is 2.17 bits per heavy atom. The SMILES string of the molecule is CC(C)Cc1noc(CN2C(=O)NC(C)(c3ccco3)C2=O)n1. The Bertz CT molecular complexity index is 722. The van der Waals surface area contributed by atoms with E-state index in [0.29, 0.717) is 23.9 Å². The van der Waals surface area contributed by atoms with E-state index in [1.807, 2.05) is 13.8 Å². The number of hydrogen-bond donors (Lipinski definition) is 1. The first-order chi connectivity index (χ1) is 10.9. The van der Waals surface area contributed by atoms with Crippen molar-refractivity contribution in [3.8, 4) is 0 Å². The minimum atomic E-state index is -1.22. The molecule has 122 valence electrons. The molecule has 0 spiro atoms. The summed E-state index contributed by atoms with van der Waals surface area (Å²) in [6.45, 7) is 5.63. The Morgan fingerprint density at radius 3 is 2.83 bits per heavy atom. The van der Waals surface area contributed by atoms with Crippen LogP contribution in [-0.2, 0) is 23.3 Å². The first-order valence-corrected chi connectivity index (χ1v) is 7.39. The zero-order chi connectivity index (χ0) is 16.6. The predicted molar refractivity (Wildman–Crippen MR) is 78.0 cm³/mol. The summed E-state index contributed by atoms with van der Waals surface area (Å²) >= 11 is 0. The molecule has 2 aromatic rings. The Hall–Kier alpha value is -2.64. The molecule has 1 fully saturated rings. The Labute approximate surface area is 132 Å². The molecule has 2 aromatic heterocycles. The van der Waals surface area contributed by atoms with Crippen LogP contribution in [0.5, 0.6) is 0 Å². The quantitative estimate of drug-likeness (QED) is 0.844. The standard InChI is InChI=1S/C15H18N4O4/c1-9(2)7-11-16-12(23-18-11)8-19-13(20)15(3,17-14(19)21)10-5-4-6-22-10/h4-6,9H,7-8H2,1-3H3,(H,17,21). The van der Waals surface area contributed by atoms with E-state index >= 15 is 0 Å². The van der Waals surface area contributed by atoms with Gasteiger partial charge in [-0.25, -0.2) is 4.79 Å². The van der Waals surface area contributed by atoms with Crippen LogP contribution in [0, 0.1) is 5.92 Å². The van der Waals surface area contributed by atoms with Crippen LogP contribution in [0.1, 0.15) is 38.2 Å². The van der Waals surface area contributed by atoms with Crippen molar-refractivity contribution in [3.63, 3.8) is 0 Å². The van der Waals surface area contributed by atoms with Gasteiger partial charge in [-0.1, -0.05) is 19.0 Å². The second kappa shape index (κ2) is 5.53. The van der Waals surface area contributed by atoms with Gasteiger partial charge in [-0.05, 0) is 25.0 Å². The van der Waals surface area contributed by atoms with E-state index in [1.54, 1.807) is 19.1 Å². The molecule has 0 saturated carbocycles. The fourth-order valence-electron chi connectivity index (χ4n) is 2.51. The van der Waals surface area contributed by atoms with Crippen molar-refractivity contribution in [2.24, 2.45) is 5.92 Å². The van der Waals surface area contributed by atoms with Crippen molar-refractivity contribution >= 4 is 11.9 Å². The number of urea groups is 1. The monoisotopic (exact) mass is 318 g/mol. The number of carbonyl (C=O) groups excluding carboxylic acids is 2. The molecule has 0 bridgehead atoms. The maximum absolute atomic E-state index is 12.6. The van der Waals surface area contributed by atoms with Crippen molar-refractivity contribution in [2.45, 2.75) is 39.3 Å². The Balaban J connectivity index is 1.77. The van der Waals surface area contributed by atoms with Crippen LogP contribution in [0.15, 0.2) is 27.3 Å². The third kappa shape index (κ3) is 2.71. The zero-order valence-corrected chi connectivity index (χ0v) is 13.2. The van der Waals surface area contributed by atoms with Crippen LogP contribution in [0.2, 0.25) is 0 Å². The first-order valence-electron chi connectivity index (χ1n) is 7.39. The van der Waals surface area contributed by atoms with Gasteiger partial charge in [0.05, 0.1) is 6.26 Å². The third-order valence-corrected chi connectivity index (χ3v) is 3.68. The second-order valence-electron chi connectivity index (χ2n) is 6.13. The molecule has 8 heteroatoms. The minimum Gasteiger partial charge on any atom is -0.466 e. The normalized spacial score (nSPS) is 21.3. The van der Waals surface area contributed by atoms with Gasteiger partial charge in [-0.2, -0.15) is 4.98 Å². The smallest absolute Gasteiger partial charge is 0.325 e. The van der Waals surface area contributed by atoms with Crippen molar-refractivity contribution < 1.29 is 18.5 Å². The highest BCUT2D eigenvalue weighted by Crippen LogP contribution is 2.29. The number of nitrogens with one attached hydrogen (secondary N) is 1. The highest BCUT2D eigenvalue weighted by molar-refractivity contribution is 6.06. The van der Waals surface area contributed by atoms with Crippen LogP contribution in [0.25, 0.3) is 0 Å². The minimum absolute atomic E-state index is 0.0634. The number of imide groups is 1. The molecule has 3 amide bonds. The molecule has 1 unspecified atom stereocenters. The van der Waals surface area contributed by atoms with Crippen molar-refractivity contribution in [1.82, 2.24) is 20.4 Å². The number of rotatable bonds is 5. The average Bonchev–Trinajstić information content (AvgIpc) is 3.17. The summed E-state index contributed by atoms with van der Waals surface area (Å²) in [7, 11) is 0. The number of amides is 3. The molecule has 8 nitrogen and oxygen atoms in total. The highest BCUT2D eigenvalue weighted by Gasteiger charge is 2.51. The molecule has 1 aliphatic heterocycles. The van der Waals surface area contributed by atoms with Gasteiger partial charge in [0, 0.05) is 6.42 Å². The molecular formula is C15H18N4O4. The number of furan rings is 1. The molecule has 3 heterocycles. The summed E-state index contributed by atoms with van der Waals surface area (Å²) in [5.41, 5.74) is -1.22. The number of nitrogens with zero attached hydrogens (tertiary/aromatic N) is 3. The molecule has 1 saturated heterocycles. The highest BCUT2D eigenvalue weighted by atomic mass is 16.5. The van der Waals surface area contributed by atoms with Crippen molar-refractivity contribution in [3.05, 3.63) is 35.9 Å². The van der Waals surface area contributed by atoms with E-state index < -0.39 is 17.5 Å². The molecule has 1 atom stereocenters. The van der Waals surface area contributed by atoms with E-state index in [0.717, 1.165) is 4.90 Å². The zero-order valence-electron chi connectivity index (χ0n) is 13.2. The average molecular weight is 318 g/mol. The van der Waals surface area contributed by atoms with E-state index in [2.05, 4.69) is 15.5 Å². The van der Waals surface area contributed by atoms with Crippen LogP contribution < -0.4 is 5.32 Å². The van der Waals surface area contributed by atoms with E-state index in [-0.39, 0.29) is 12.4 Å². The van der Waals surface area contributed by atoms with Crippen LogP contribution in [0.4, 0.5) is 4.79 Å². The number of hydrogen-bond acceptors (Lipinski definition) is 6. The van der Waals surface area contributed by atoms with Gasteiger partial charge in [0.15, 0.2) is 11.4 Å². The van der Waals surface area contributed by atoms with Gasteiger partial charge in [0.2, 0.25) is 5.89 Å². The largest absolute Gasteiger partial charge is 0.466 e. The lowest BCUT2D eigenvalue weighted by atomic mass is 9.99. The maximum atomic E-state index is 12.6. The molecule has 0 aliphatic carbocycles. The van der Waals surface area contributed by atoms with E-state index in [4.69, 9.17) is 8.94 Å². The molecule has 0 aromatic carbocycles. The summed E-state index contributed by atoms with van der Waals surface area (Å²) < 4.78 is 10.4. The lowest BCUT2D eigenvalue weighted by Crippen LogP contribution is -2.40. The summed E-state index contributed by atoms with van der Waals surface area (Å²) in [5.74, 6) is 1.15. The van der Waals surface area contributed by atoms with E-state index in [9.17, 15) is 9.59 Å². The van der Waals surface area contributed by atoms with E-state index in [1.165, 1.54) is 6.26 Å². The van der Waals surface area contributed by atoms with Gasteiger partial charge in [-0.3, -0.25) is 9.69 Å². The topological polar surface area (TPSA) is 101 Å². The predicted octanol–water partition coefficient (Wildman–Crippen LogP) is 1.83. The van der Waals surface area contributed by atoms with Crippen LogP contribution in [-0.4, -0.2) is 27.0 Å². The Kier molecular flexibility index (Phi) is 3.67. The van der Waals surface area contributed by atoms with Gasteiger partial charge < -0.3 is 14.3 Å². The molecule has 23 heavy (non-hydrogen) atoms. The van der Waals surface area contributed by atoms with Gasteiger partial charge in [-0.15, -0.1) is 0 Å². The second-order valence-corrected chi connectivity index (χ2v) is 6.13. The fraction of sp³-hybridized carbons (Fsp3) is 0.467. The third-order valence-electron chi connectivity index (χ3n) is 3.68. The summed E-state index contributed by atoms with van der Waals surface area (Å²) in [4.78, 5) is 30.0. The molecular weight excluding hydrogens is 300 g/mol. The van der Waals surface area contributed by atoms with Gasteiger partial charge >= 0.3 is 6.03 Å². The molecule has 1 aliphatic rings. The lowest BCUT2D eigenvalue weighted by Gasteiger charge is -2.18. The first kappa shape index (κ1) is 15.3. The van der Waals surface area contributed by atoms with Crippen LogP contribution in [0.3, 0.4) is 0 Å². The van der Waals surface area contributed by atoms with Gasteiger partial charge in [0.1, 0.15) is 12.3 Å². The molecule has 3 rings (SSSR count). The van der Waals surface area contributed by atoms with Crippen LogP contribution >= 0.6 is 0 Å².